The molecule has 4 nitrogen and oxygen atoms in total. The maximum Gasteiger partial charge on any atom is 0.306 e. The normalized spacial score (nSPS) is 34.9. The number of nitrogens with one attached hydrogen (secondary N) is 1. The molecule has 1 amide bonds. The van der Waals surface area contributed by atoms with Crippen LogP contribution in [-0.4, -0.2) is 24.0 Å². The average Bonchev–Trinajstić information content (AvgIpc) is 2.80. The summed E-state index contributed by atoms with van der Waals surface area (Å²) in [6.07, 6.45) is 2.98. The molecule has 26 heavy (non-hydrogen) atoms. The van der Waals surface area contributed by atoms with Gasteiger partial charge in [0.2, 0.25) is 5.91 Å². The van der Waals surface area contributed by atoms with Gasteiger partial charge in [0.1, 0.15) is 5.60 Å². The van der Waals surface area contributed by atoms with Gasteiger partial charge < -0.3 is 10.1 Å². The van der Waals surface area contributed by atoms with E-state index < -0.39 is 5.60 Å². The van der Waals surface area contributed by atoms with Gasteiger partial charge >= 0.3 is 5.97 Å². The number of rotatable bonds is 3. The highest BCUT2D eigenvalue weighted by Crippen LogP contribution is 2.67. The zero-order valence-electron chi connectivity index (χ0n) is 16.2. The van der Waals surface area contributed by atoms with Crippen LogP contribution in [0.4, 0.5) is 0 Å². The fourth-order valence-electron chi connectivity index (χ4n) is 5.86. The lowest BCUT2D eigenvalue weighted by atomic mass is 9.56. The number of benzene rings is 1. The van der Waals surface area contributed by atoms with Gasteiger partial charge in [-0.2, -0.15) is 0 Å². The van der Waals surface area contributed by atoms with Gasteiger partial charge in [0.05, 0.1) is 12.3 Å². The Morgan fingerprint density at radius 2 is 2.15 bits per heavy atom. The number of hydrogen-bond donors (Lipinski definition) is 1. The van der Waals surface area contributed by atoms with E-state index in [1.165, 1.54) is 5.56 Å². The van der Waals surface area contributed by atoms with Crippen molar-refractivity contribution in [3.63, 3.8) is 0 Å². The summed E-state index contributed by atoms with van der Waals surface area (Å²) < 4.78 is 5.73. The Balaban J connectivity index is 1.83. The number of amides is 1. The van der Waals surface area contributed by atoms with E-state index in [0.717, 1.165) is 30.4 Å². The van der Waals surface area contributed by atoms with Crippen LogP contribution >= 0.6 is 0 Å². The van der Waals surface area contributed by atoms with Crippen LogP contribution in [0, 0.1) is 18.3 Å². The largest absolute Gasteiger partial charge is 0.459 e. The Hall–Kier alpha value is -1.84. The summed E-state index contributed by atoms with van der Waals surface area (Å²) in [5.41, 5.74) is 2.84. The smallest absolute Gasteiger partial charge is 0.306 e. The molecule has 3 aliphatic rings. The minimum atomic E-state index is -0.432. The highest BCUT2D eigenvalue weighted by atomic mass is 16.6. The fourth-order valence-corrected chi connectivity index (χ4v) is 5.86. The van der Waals surface area contributed by atoms with Crippen molar-refractivity contribution in [2.24, 2.45) is 11.3 Å². The van der Waals surface area contributed by atoms with Crippen LogP contribution in [0.1, 0.15) is 75.0 Å². The van der Waals surface area contributed by atoms with Crippen molar-refractivity contribution in [1.29, 1.82) is 0 Å². The Labute approximate surface area is 155 Å². The van der Waals surface area contributed by atoms with Gasteiger partial charge in [-0.3, -0.25) is 9.59 Å². The first-order valence-electron chi connectivity index (χ1n) is 9.85. The van der Waals surface area contributed by atoms with Gasteiger partial charge in [-0.05, 0) is 61.6 Å². The SMILES string of the molecule is Cc1cccc2c1[C@H](C(=O)NCC(C)C)[C@@]13CC(=O)OC(C)(CC[C@@H]21)C3. The fraction of sp³-hybridized carbons (Fsp3) is 0.636. The predicted molar refractivity (Wildman–Crippen MR) is 99.9 cm³/mol. The third-order valence-corrected chi connectivity index (χ3v) is 6.74. The summed E-state index contributed by atoms with van der Waals surface area (Å²) in [5, 5.41) is 3.16. The molecular weight excluding hydrogens is 326 g/mol. The lowest BCUT2D eigenvalue weighted by Gasteiger charge is -2.53. The average molecular weight is 355 g/mol. The summed E-state index contributed by atoms with van der Waals surface area (Å²) in [4.78, 5) is 25.9. The molecule has 1 unspecified atom stereocenters. The summed E-state index contributed by atoms with van der Waals surface area (Å²) in [5.74, 6) is 0.354. The van der Waals surface area contributed by atoms with Crippen LogP contribution in [0.2, 0.25) is 0 Å². The van der Waals surface area contributed by atoms with Crippen LogP contribution in [0.15, 0.2) is 18.2 Å². The summed E-state index contributed by atoms with van der Waals surface area (Å²) in [7, 11) is 0. The quantitative estimate of drug-likeness (QED) is 0.839. The van der Waals surface area contributed by atoms with E-state index in [2.05, 4.69) is 44.3 Å². The number of ether oxygens (including phenoxy) is 1. The van der Waals surface area contributed by atoms with Gasteiger partial charge in [-0.25, -0.2) is 0 Å². The van der Waals surface area contributed by atoms with Crippen molar-refractivity contribution in [1.82, 2.24) is 5.32 Å². The Morgan fingerprint density at radius 1 is 1.38 bits per heavy atom. The number of fused-ring (bicyclic) bond motifs is 3. The molecule has 140 valence electrons. The summed E-state index contributed by atoms with van der Waals surface area (Å²) in [6.45, 7) is 9.01. The molecule has 4 heteroatoms. The number of esters is 1. The Bertz CT molecular complexity index is 771. The van der Waals surface area contributed by atoms with Crippen LogP contribution in [0.5, 0.6) is 0 Å². The van der Waals surface area contributed by atoms with Crippen molar-refractivity contribution in [2.45, 2.75) is 70.8 Å². The van der Waals surface area contributed by atoms with E-state index in [-0.39, 0.29) is 29.1 Å². The molecule has 1 saturated heterocycles. The van der Waals surface area contributed by atoms with Gasteiger partial charge in [-0.15, -0.1) is 0 Å². The van der Waals surface area contributed by atoms with Gasteiger partial charge in [-0.1, -0.05) is 32.0 Å². The molecule has 2 fully saturated rings. The van der Waals surface area contributed by atoms with Crippen molar-refractivity contribution in [2.75, 3.05) is 6.54 Å². The second-order valence-electron chi connectivity index (χ2n) is 9.25. The molecular formula is C22H29NO3. The van der Waals surface area contributed by atoms with Crippen molar-refractivity contribution < 1.29 is 14.3 Å². The lowest BCUT2D eigenvalue weighted by molar-refractivity contribution is -0.189. The first-order chi connectivity index (χ1) is 12.3. The molecule has 4 atom stereocenters. The lowest BCUT2D eigenvalue weighted by Crippen LogP contribution is -2.54. The monoisotopic (exact) mass is 355 g/mol. The molecule has 1 N–H and O–H groups in total. The summed E-state index contributed by atoms with van der Waals surface area (Å²) in [6, 6.07) is 6.36. The highest BCUT2D eigenvalue weighted by molar-refractivity contribution is 5.89. The maximum atomic E-state index is 13.4. The number of hydrogen-bond acceptors (Lipinski definition) is 3. The zero-order chi connectivity index (χ0) is 18.7. The molecule has 1 spiro atoms. The Morgan fingerprint density at radius 3 is 2.88 bits per heavy atom. The van der Waals surface area contributed by atoms with E-state index in [1.54, 1.807) is 0 Å². The summed E-state index contributed by atoms with van der Waals surface area (Å²) >= 11 is 0. The minimum absolute atomic E-state index is 0.0794. The number of carbonyl (C=O) groups excluding carboxylic acids is 2. The maximum absolute atomic E-state index is 13.4. The second-order valence-corrected chi connectivity index (χ2v) is 9.25. The van der Waals surface area contributed by atoms with Gasteiger partial charge in [0.15, 0.2) is 0 Å². The van der Waals surface area contributed by atoms with Gasteiger partial charge in [0, 0.05) is 12.0 Å². The van der Waals surface area contributed by atoms with E-state index in [4.69, 9.17) is 4.74 Å². The van der Waals surface area contributed by atoms with E-state index in [9.17, 15) is 9.59 Å². The van der Waals surface area contributed by atoms with Crippen molar-refractivity contribution in [3.05, 3.63) is 34.9 Å². The van der Waals surface area contributed by atoms with Crippen LogP contribution in [-0.2, 0) is 14.3 Å². The highest BCUT2D eigenvalue weighted by Gasteiger charge is 2.64. The molecule has 0 aromatic heterocycles. The van der Waals surface area contributed by atoms with E-state index >= 15 is 0 Å². The minimum Gasteiger partial charge on any atom is -0.459 e. The van der Waals surface area contributed by atoms with E-state index in [1.807, 2.05) is 6.92 Å². The van der Waals surface area contributed by atoms with Crippen LogP contribution < -0.4 is 5.32 Å². The molecule has 1 aromatic rings. The van der Waals surface area contributed by atoms with Crippen molar-refractivity contribution in [3.8, 4) is 0 Å². The van der Waals surface area contributed by atoms with E-state index in [0.29, 0.717) is 18.9 Å². The molecule has 4 rings (SSSR count). The third-order valence-electron chi connectivity index (χ3n) is 6.74. The molecule has 1 heterocycles. The first-order valence-corrected chi connectivity index (χ1v) is 9.85. The Kier molecular flexibility index (Phi) is 3.94. The molecule has 1 aromatic carbocycles. The molecule has 1 aliphatic heterocycles. The molecule has 2 bridgehead atoms. The molecule has 0 radical (unpaired) electrons. The zero-order valence-corrected chi connectivity index (χ0v) is 16.2. The first kappa shape index (κ1) is 17.6. The topological polar surface area (TPSA) is 55.4 Å². The number of aryl methyl sites for hydroxylation is 1. The van der Waals surface area contributed by atoms with Gasteiger partial charge in [0.25, 0.3) is 0 Å². The van der Waals surface area contributed by atoms with Crippen LogP contribution in [0.3, 0.4) is 0 Å². The molecule has 2 aliphatic carbocycles. The number of carbonyl (C=O) groups is 2. The standard InChI is InChI=1S/C22H29NO3/c1-13(2)11-23-20(25)19-18-14(3)6-5-7-15(18)16-8-9-21(4)12-22(16,19)10-17(24)26-21/h5-7,13,16,19H,8-12H2,1-4H3,(H,23,25)/t16-,19+,21?,22+/m0/s1. The predicted octanol–water partition coefficient (Wildman–Crippen LogP) is 3.82. The second kappa shape index (κ2) is 5.83. The molecule has 1 saturated carbocycles. The third kappa shape index (κ3) is 2.49. The van der Waals surface area contributed by atoms with Crippen LogP contribution in [0.25, 0.3) is 0 Å². The van der Waals surface area contributed by atoms with Crippen molar-refractivity contribution >= 4 is 11.9 Å².